The van der Waals surface area contributed by atoms with E-state index in [2.05, 4.69) is 5.32 Å². The second-order valence-electron chi connectivity index (χ2n) is 4.26. The third-order valence-electron chi connectivity index (χ3n) is 2.72. The summed E-state index contributed by atoms with van der Waals surface area (Å²) in [6.07, 6.45) is 0. The molecule has 1 amide bonds. The molecule has 0 fully saturated rings. The number of benzene rings is 1. The molecular weight excluding hydrogens is 282 g/mol. The monoisotopic (exact) mass is 295 g/mol. The molecule has 0 saturated heterocycles. The molecule has 7 heteroatoms. The fraction of sp³-hybridized carbons (Fsp3) is 0.308. The van der Waals surface area contributed by atoms with E-state index in [4.69, 9.17) is 9.84 Å². The minimum absolute atomic E-state index is 0.0365. The number of aliphatic carboxylic acids is 1. The topological polar surface area (TPSA) is 92.7 Å². The fourth-order valence-electron chi connectivity index (χ4n) is 1.74. The van der Waals surface area contributed by atoms with Crippen LogP contribution in [0.4, 0.5) is 5.69 Å². The van der Waals surface area contributed by atoms with Crippen LogP contribution in [0.1, 0.15) is 17.3 Å². The molecule has 6 nitrogen and oxygen atoms in total. The van der Waals surface area contributed by atoms with E-state index in [9.17, 15) is 14.4 Å². The van der Waals surface area contributed by atoms with E-state index in [1.807, 2.05) is 0 Å². The zero-order valence-corrected chi connectivity index (χ0v) is 11.5. The number of ketones is 1. The van der Waals surface area contributed by atoms with Gasteiger partial charge in [0.15, 0.2) is 12.4 Å². The summed E-state index contributed by atoms with van der Waals surface area (Å²) >= 11 is 1.06. The van der Waals surface area contributed by atoms with Gasteiger partial charge in [0.05, 0.1) is 16.7 Å². The highest BCUT2D eigenvalue weighted by Gasteiger charge is 2.21. The highest BCUT2D eigenvalue weighted by molar-refractivity contribution is 8.01. The molecule has 0 spiro atoms. The summed E-state index contributed by atoms with van der Waals surface area (Å²) in [7, 11) is 0. The average molecular weight is 295 g/mol. The minimum atomic E-state index is -0.958. The Morgan fingerprint density at radius 2 is 2.25 bits per heavy atom. The molecule has 0 bridgehead atoms. The number of nitrogens with one attached hydrogen (secondary N) is 1. The zero-order valence-electron chi connectivity index (χ0n) is 10.7. The van der Waals surface area contributed by atoms with Gasteiger partial charge in [-0.25, -0.2) is 0 Å². The second kappa shape index (κ2) is 5.96. The summed E-state index contributed by atoms with van der Waals surface area (Å²) in [5.74, 6) is -1.01. The minimum Gasteiger partial charge on any atom is -0.482 e. The molecule has 0 radical (unpaired) electrons. The van der Waals surface area contributed by atoms with Crippen molar-refractivity contribution in [2.24, 2.45) is 0 Å². The number of hydrogen-bond acceptors (Lipinski definition) is 5. The number of carboxylic acids is 1. The highest BCUT2D eigenvalue weighted by atomic mass is 32.2. The molecule has 1 atom stereocenters. The number of carbonyl (C=O) groups excluding carboxylic acids is 2. The molecule has 2 rings (SSSR count). The van der Waals surface area contributed by atoms with Crippen LogP contribution in [0.15, 0.2) is 18.2 Å². The first kappa shape index (κ1) is 14.4. The third kappa shape index (κ3) is 3.30. The van der Waals surface area contributed by atoms with Crippen molar-refractivity contribution in [3.8, 4) is 5.75 Å². The van der Waals surface area contributed by atoms with Gasteiger partial charge in [0.25, 0.3) is 5.91 Å². The Hall–Kier alpha value is -2.02. The number of ether oxygens (including phenoxy) is 1. The van der Waals surface area contributed by atoms with Gasteiger partial charge in [-0.2, -0.15) is 0 Å². The van der Waals surface area contributed by atoms with Crippen LogP contribution in [0.2, 0.25) is 0 Å². The number of thioether (sulfide) groups is 1. The summed E-state index contributed by atoms with van der Waals surface area (Å²) in [5, 5.41) is 10.8. The molecule has 1 heterocycles. The predicted octanol–water partition coefficient (Wildman–Crippen LogP) is 1.41. The number of rotatable bonds is 5. The molecule has 1 unspecified atom stereocenters. The van der Waals surface area contributed by atoms with E-state index in [-0.39, 0.29) is 24.1 Å². The Balaban J connectivity index is 2.12. The van der Waals surface area contributed by atoms with Crippen LogP contribution in [0.25, 0.3) is 0 Å². The van der Waals surface area contributed by atoms with Crippen molar-refractivity contribution < 1.29 is 24.2 Å². The largest absolute Gasteiger partial charge is 0.482 e. The first-order chi connectivity index (χ1) is 9.47. The number of hydrogen-bond donors (Lipinski definition) is 2. The lowest BCUT2D eigenvalue weighted by molar-refractivity contribution is -0.133. The first-order valence-corrected chi connectivity index (χ1v) is 6.96. The normalized spacial score (nSPS) is 14.8. The van der Waals surface area contributed by atoms with Crippen LogP contribution in [0.5, 0.6) is 5.75 Å². The maximum absolute atomic E-state index is 12.2. The third-order valence-corrected chi connectivity index (χ3v) is 3.85. The average Bonchev–Trinajstić information content (AvgIpc) is 2.43. The Kier molecular flexibility index (Phi) is 4.29. The van der Waals surface area contributed by atoms with E-state index in [0.717, 1.165) is 11.8 Å². The molecule has 1 aliphatic rings. The number of carboxylic acid groups (broad SMARTS) is 1. The molecule has 1 aromatic carbocycles. The van der Waals surface area contributed by atoms with Crippen LogP contribution in [0, 0.1) is 0 Å². The van der Waals surface area contributed by atoms with E-state index >= 15 is 0 Å². The van der Waals surface area contributed by atoms with Gasteiger partial charge in [-0.3, -0.25) is 14.4 Å². The number of amides is 1. The van der Waals surface area contributed by atoms with E-state index in [1.165, 1.54) is 0 Å². The van der Waals surface area contributed by atoms with Crippen molar-refractivity contribution in [3.63, 3.8) is 0 Å². The Labute approximate surface area is 119 Å². The molecule has 0 aliphatic carbocycles. The molecule has 106 valence electrons. The van der Waals surface area contributed by atoms with Crippen molar-refractivity contribution >= 4 is 35.1 Å². The summed E-state index contributed by atoms with van der Waals surface area (Å²) in [6.45, 7) is 1.62. The lowest BCUT2D eigenvalue weighted by Crippen LogP contribution is -2.26. The van der Waals surface area contributed by atoms with Gasteiger partial charge in [-0.15, -0.1) is 11.8 Å². The lowest BCUT2D eigenvalue weighted by Gasteiger charge is -2.18. The first-order valence-electron chi connectivity index (χ1n) is 5.91. The Bertz CT molecular complexity index is 572. The predicted molar refractivity (Wildman–Crippen MR) is 74.5 cm³/mol. The Morgan fingerprint density at radius 1 is 1.50 bits per heavy atom. The van der Waals surface area contributed by atoms with Crippen LogP contribution < -0.4 is 10.1 Å². The van der Waals surface area contributed by atoms with Gasteiger partial charge >= 0.3 is 5.97 Å². The summed E-state index contributed by atoms with van der Waals surface area (Å²) in [5.41, 5.74) is 0.877. The lowest BCUT2D eigenvalue weighted by atomic mass is 10.1. The number of Topliss-reactive ketones (excluding diaryl/α,β-unsaturated/α-hetero) is 1. The van der Waals surface area contributed by atoms with Crippen LogP contribution >= 0.6 is 11.8 Å². The maximum atomic E-state index is 12.2. The van der Waals surface area contributed by atoms with Gasteiger partial charge in [0.2, 0.25) is 0 Å². The molecule has 20 heavy (non-hydrogen) atoms. The number of anilines is 1. The van der Waals surface area contributed by atoms with Crippen LogP contribution in [-0.4, -0.2) is 40.4 Å². The molecule has 1 aliphatic heterocycles. The van der Waals surface area contributed by atoms with Gasteiger partial charge in [0.1, 0.15) is 5.75 Å². The van der Waals surface area contributed by atoms with E-state index < -0.39 is 11.2 Å². The molecule has 0 saturated carbocycles. The molecular formula is C13H13NO5S. The number of carbonyl (C=O) groups is 3. The van der Waals surface area contributed by atoms with Crippen molar-refractivity contribution in [2.45, 2.75) is 12.2 Å². The quantitative estimate of drug-likeness (QED) is 0.798. The summed E-state index contributed by atoms with van der Waals surface area (Å²) in [4.78, 5) is 33.9. The fourth-order valence-corrected chi connectivity index (χ4v) is 2.42. The van der Waals surface area contributed by atoms with Crippen LogP contribution in [0.3, 0.4) is 0 Å². The summed E-state index contributed by atoms with van der Waals surface area (Å²) < 4.78 is 5.20. The highest BCUT2D eigenvalue weighted by Crippen LogP contribution is 2.29. The SMILES string of the molecule is CC(SCC(=O)O)C(=O)c1ccc2c(c1)NC(=O)CO2. The second-order valence-corrected chi connectivity index (χ2v) is 5.59. The Morgan fingerprint density at radius 3 is 2.95 bits per heavy atom. The van der Waals surface area contributed by atoms with E-state index in [0.29, 0.717) is 17.0 Å². The molecule has 2 N–H and O–H groups in total. The maximum Gasteiger partial charge on any atom is 0.313 e. The van der Waals surface area contributed by atoms with Crippen molar-refractivity contribution in [2.75, 3.05) is 17.7 Å². The van der Waals surface area contributed by atoms with Gasteiger partial charge < -0.3 is 15.2 Å². The van der Waals surface area contributed by atoms with Gasteiger partial charge in [-0.05, 0) is 25.1 Å². The molecule has 0 aromatic heterocycles. The van der Waals surface area contributed by atoms with E-state index in [1.54, 1.807) is 25.1 Å². The van der Waals surface area contributed by atoms with Crippen molar-refractivity contribution in [1.29, 1.82) is 0 Å². The smallest absolute Gasteiger partial charge is 0.313 e. The van der Waals surface area contributed by atoms with Crippen LogP contribution in [-0.2, 0) is 9.59 Å². The van der Waals surface area contributed by atoms with Crippen molar-refractivity contribution in [1.82, 2.24) is 0 Å². The molecule has 1 aromatic rings. The standard InChI is InChI=1S/C13H13NO5S/c1-7(20-6-12(16)17)13(18)8-2-3-10-9(4-8)14-11(15)5-19-10/h2-4,7H,5-6H2,1H3,(H,14,15)(H,16,17). The van der Waals surface area contributed by atoms with Crippen molar-refractivity contribution in [3.05, 3.63) is 23.8 Å². The van der Waals surface area contributed by atoms with Gasteiger partial charge in [-0.1, -0.05) is 0 Å². The van der Waals surface area contributed by atoms with Gasteiger partial charge in [0, 0.05) is 5.56 Å². The summed E-state index contributed by atoms with van der Waals surface area (Å²) in [6, 6.07) is 4.78. The number of fused-ring (bicyclic) bond motifs is 1. The zero-order chi connectivity index (χ0) is 14.7.